The van der Waals surface area contributed by atoms with Crippen molar-refractivity contribution in [2.45, 2.75) is 6.18 Å². The van der Waals surface area contributed by atoms with Crippen LogP contribution in [0, 0.1) is 5.82 Å². The molecule has 0 aliphatic rings. The lowest BCUT2D eigenvalue weighted by atomic mass is 10.2. The maximum Gasteiger partial charge on any atom is 0.419 e. The second kappa shape index (κ2) is 13.0. The van der Waals surface area contributed by atoms with Gasteiger partial charge < -0.3 is 30.2 Å². The number of fused-ring (bicyclic) bond motifs is 1. The Morgan fingerprint density at radius 1 is 0.952 bits per heavy atom. The SMILES string of the molecule is C=CC(=O)Nc1cc2c(Oc3ccc(NC(=O)Nc4ccc(F)c(C(F)(F)F)c4)cc3)ncnc2cc1OCCOC. The van der Waals surface area contributed by atoms with Crippen molar-refractivity contribution < 1.29 is 41.4 Å². The molecule has 0 aliphatic heterocycles. The van der Waals surface area contributed by atoms with Gasteiger partial charge in [0.25, 0.3) is 0 Å². The summed E-state index contributed by atoms with van der Waals surface area (Å²) in [6.07, 6.45) is -2.51. The highest BCUT2D eigenvalue weighted by molar-refractivity contribution is 6.02. The molecule has 0 aliphatic carbocycles. The number of anilines is 3. The standard InChI is InChI=1S/C28H23F4N5O5/c1-3-25(38)37-23-13-19-22(14-24(23)41-11-10-40-2)33-15-34-26(19)42-18-7-4-16(5-8-18)35-27(39)36-17-6-9-21(29)20(12-17)28(30,31)32/h3-9,12-15H,1,10-11H2,2H3,(H,37,38)(H2,35,36,39). The number of benzene rings is 3. The molecule has 0 saturated heterocycles. The van der Waals surface area contributed by atoms with E-state index in [2.05, 4.69) is 32.5 Å². The molecule has 0 radical (unpaired) electrons. The average molecular weight is 586 g/mol. The van der Waals surface area contributed by atoms with Crippen LogP contribution >= 0.6 is 0 Å². The third-order valence-electron chi connectivity index (χ3n) is 5.54. The van der Waals surface area contributed by atoms with Crippen molar-refractivity contribution in [3.63, 3.8) is 0 Å². The van der Waals surface area contributed by atoms with Crippen LogP contribution in [0.2, 0.25) is 0 Å². The molecule has 4 rings (SSSR count). The number of carbonyl (C=O) groups is 2. The van der Waals surface area contributed by atoms with Crippen molar-refractivity contribution in [3.8, 4) is 17.4 Å². The molecule has 0 spiro atoms. The largest absolute Gasteiger partial charge is 0.489 e. The Balaban J connectivity index is 1.49. The van der Waals surface area contributed by atoms with E-state index < -0.39 is 29.5 Å². The minimum absolute atomic E-state index is 0.160. The fraction of sp³-hybridized carbons (Fsp3) is 0.143. The molecule has 42 heavy (non-hydrogen) atoms. The Bertz CT molecular complexity index is 1610. The van der Waals surface area contributed by atoms with Crippen molar-refractivity contribution in [3.05, 3.63) is 85.0 Å². The fourth-order valence-electron chi connectivity index (χ4n) is 3.61. The summed E-state index contributed by atoms with van der Waals surface area (Å²) in [7, 11) is 1.53. The molecular formula is C28H23F4N5O5. The maximum absolute atomic E-state index is 13.5. The summed E-state index contributed by atoms with van der Waals surface area (Å²) >= 11 is 0. The van der Waals surface area contributed by atoms with Crippen molar-refractivity contribution >= 4 is 39.9 Å². The van der Waals surface area contributed by atoms with Gasteiger partial charge in [0.2, 0.25) is 11.8 Å². The summed E-state index contributed by atoms with van der Waals surface area (Å²) in [5.74, 6) is -1.07. The number of nitrogens with one attached hydrogen (secondary N) is 3. The molecule has 4 aromatic rings. The van der Waals surface area contributed by atoms with Crippen molar-refractivity contribution in [1.29, 1.82) is 0 Å². The molecule has 0 fully saturated rings. The number of halogens is 4. The van der Waals surface area contributed by atoms with Gasteiger partial charge in [0, 0.05) is 24.6 Å². The van der Waals surface area contributed by atoms with Gasteiger partial charge in [-0.3, -0.25) is 4.79 Å². The van der Waals surface area contributed by atoms with Gasteiger partial charge >= 0.3 is 12.2 Å². The third kappa shape index (κ3) is 7.48. The van der Waals surface area contributed by atoms with Crippen molar-refractivity contribution in [2.75, 3.05) is 36.3 Å². The van der Waals surface area contributed by atoms with Gasteiger partial charge in [-0.25, -0.2) is 19.2 Å². The van der Waals surface area contributed by atoms with E-state index in [0.717, 1.165) is 12.1 Å². The molecule has 218 valence electrons. The summed E-state index contributed by atoms with van der Waals surface area (Å²) in [6.45, 7) is 4.00. The van der Waals surface area contributed by atoms with Gasteiger partial charge in [0.1, 0.15) is 30.3 Å². The van der Waals surface area contributed by atoms with E-state index in [1.807, 2.05) is 0 Å². The second-order valence-electron chi connectivity index (χ2n) is 8.48. The van der Waals surface area contributed by atoms with Crippen molar-refractivity contribution in [1.82, 2.24) is 9.97 Å². The molecular weight excluding hydrogens is 562 g/mol. The van der Waals surface area contributed by atoms with E-state index in [4.69, 9.17) is 14.2 Å². The number of nitrogens with zero attached hydrogens (tertiary/aromatic N) is 2. The smallest absolute Gasteiger partial charge is 0.419 e. The molecule has 3 N–H and O–H groups in total. The number of hydrogen-bond acceptors (Lipinski definition) is 7. The first-order valence-electron chi connectivity index (χ1n) is 12.1. The number of methoxy groups -OCH3 is 1. The van der Waals surface area contributed by atoms with Gasteiger partial charge in [-0.05, 0) is 54.6 Å². The minimum atomic E-state index is -4.91. The van der Waals surface area contributed by atoms with Gasteiger partial charge in [-0.1, -0.05) is 6.58 Å². The number of urea groups is 1. The van der Waals surface area contributed by atoms with E-state index in [9.17, 15) is 27.2 Å². The predicted octanol–water partition coefficient (Wildman–Crippen LogP) is 6.37. The first-order chi connectivity index (χ1) is 20.1. The lowest BCUT2D eigenvalue weighted by Gasteiger charge is -2.14. The van der Waals surface area contributed by atoms with E-state index in [1.165, 1.54) is 37.7 Å². The Morgan fingerprint density at radius 3 is 2.36 bits per heavy atom. The summed E-state index contributed by atoms with van der Waals surface area (Å²) in [5.41, 5.74) is -0.652. The van der Waals surface area contributed by atoms with Gasteiger partial charge in [-0.2, -0.15) is 13.2 Å². The highest BCUT2D eigenvalue weighted by atomic mass is 19.4. The molecule has 0 unspecified atom stereocenters. The van der Waals surface area contributed by atoms with Crippen LogP contribution in [0.3, 0.4) is 0 Å². The molecule has 3 aromatic carbocycles. The maximum atomic E-state index is 13.5. The van der Waals surface area contributed by atoms with Crippen LogP contribution in [-0.4, -0.2) is 42.2 Å². The number of hydrogen-bond donors (Lipinski definition) is 3. The molecule has 3 amide bonds. The molecule has 10 nitrogen and oxygen atoms in total. The lowest BCUT2D eigenvalue weighted by Crippen LogP contribution is -2.20. The van der Waals surface area contributed by atoms with E-state index >= 15 is 0 Å². The van der Waals surface area contributed by atoms with Crippen LogP contribution in [0.4, 0.5) is 39.4 Å². The second-order valence-corrected chi connectivity index (χ2v) is 8.48. The van der Waals surface area contributed by atoms with Crippen molar-refractivity contribution in [2.24, 2.45) is 0 Å². The summed E-state index contributed by atoms with van der Waals surface area (Å²) < 4.78 is 68.9. The first-order valence-corrected chi connectivity index (χ1v) is 12.1. The number of alkyl halides is 3. The fourth-order valence-corrected chi connectivity index (χ4v) is 3.61. The third-order valence-corrected chi connectivity index (χ3v) is 5.54. The van der Waals surface area contributed by atoms with Gasteiger partial charge in [0.15, 0.2) is 0 Å². The Morgan fingerprint density at radius 2 is 1.67 bits per heavy atom. The quantitative estimate of drug-likeness (QED) is 0.112. The molecule has 1 aromatic heterocycles. The van der Waals surface area contributed by atoms with Gasteiger partial charge in [-0.15, -0.1) is 0 Å². The zero-order valence-corrected chi connectivity index (χ0v) is 21.9. The monoisotopic (exact) mass is 585 g/mol. The highest BCUT2D eigenvalue weighted by Gasteiger charge is 2.34. The van der Waals surface area contributed by atoms with Crippen LogP contribution in [0.25, 0.3) is 10.9 Å². The van der Waals surface area contributed by atoms with E-state index in [0.29, 0.717) is 46.8 Å². The minimum Gasteiger partial charge on any atom is -0.489 e. The van der Waals surface area contributed by atoms with Crippen LogP contribution in [-0.2, 0) is 15.7 Å². The topological polar surface area (TPSA) is 124 Å². The van der Waals surface area contributed by atoms with E-state index in [-0.39, 0.29) is 23.9 Å². The number of carbonyl (C=O) groups excluding carboxylic acids is 2. The van der Waals surface area contributed by atoms with Gasteiger partial charge in [0.05, 0.1) is 28.8 Å². The average Bonchev–Trinajstić information content (AvgIpc) is 2.95. The predicted molar refractivity (Wildman–Crippen MR) is 146 cm³/mol. The van der Waals surface area contributed by atoms with Crippen LogP contribution in [0.1, 0.15) is 5.56 Å². The molecule has 0 saturated carbocycles. The number of ether oxygens (including phenoxy) is 3. The molecule has 1 heterocycles. The molecule has 14 heteroatoms. The normalized spacial score (nSPS) is 11.1. The number of aromatic nitrogens is 2. The van der Waals surface area contributed by atoms with Crippen LogP contribution < -0.4 is 25.4 Å². The summed E-state index contributed by atoms with van der Waals surface area (Å²) in [4.78, 5) is 32.7. The zero-order chi connectivity index (χ0) is 30.3. The summed E-state index contributed by atoms with van der Waals surface area (Å²) in [5, 5.41) is 7.82. The van der Waals surface area contributed by atoms with Crippen LogP contribution in [0.5, 0.6) is 17.4 Å². The first kappa shape index (κ1) is 29.7. The van der Waals surface area contributed by atoms with Crippen LogP contribution in [0.15, 0.2) is 73.6 Å². The molecule has 0 atom stereocenters. The highest BCUT2D eigenvalue weighted by Crippen LogP contribution is 2.35. The number of rotatable bonds is 10. The zero-order valence-electron chi connectivity index (χ0n) is 21.9. The Labute approximate surface area is 236 Å². The molecule has 0 bridgehead atoms. The Kier molecular flexibility index (Phi) is 9.17. The van der Waals surface area contributed by atoms with E-state index in [1.54, 1.807) is 12.1 Å². The lowest BCUT2D eigenvalue weighted by molar-refractivity contribution is -0.139. The number of amides is 3. The Hall–Kier alpha value is -5.24. The summed E-state index contributed by atoms with van der Waals surface area (Å²) in [6, 6.07) is 10.5.